The van der Waals surface area contributed by atoms with Crippen LogP contribution in [-0.4, -0.2) is 11.9 Å². The van der Waals surface area contributed by atoms with Gasteiger partial charge >= 0.3 is 0 Å². The van der Waals surface area contributed by atoms with Crippen LogP contribution in [0.25, 0.3) is 0 Å². The molecule has 1 N–H and O–H groups in total. The van der Waals surface area contributed by atoms with Gasteiger partial charge in [0.2, 0.25) is 5.91 Å². The van der Waals surface area contributed by atoms with Gasteiger partial charge in [0.25, 0.3) is 0 Å². The van der Waals surface area contributed by atoms with E-state index >= 15 is 0 Å². The van der Waals surface area contributed by atoms with Gasteiger partial charge in [-0.15, -0.1) is 0 Å². The van der Waals surface area contributed by atoms with Crippen LogP contribution < -0.4 is 5.32 Å². The van der Waals surface area contributed by atoms with Crippen LogP contribution in [0.1, 0.15) is 37.7 Å². The maximum Gasteiger partial charge on any atom is 0.217 e. The number of benzene rings is 1. The summed E-state index contributed by atoms with van der Waals surface area (Å²) in [6, 6.07) is 11.1. The standard InChI is InChI=1S/C15H19NO/c1-10(17)16-15-13-8-7-12(9-13)14(15)11-5-3-2-4-6-11/h2-6,12-15H,7-9H2,1H3,(H,16,17). The lowest BCUT2D eigenvalue weighted by molar-refractivity contribution is -0.120. The van der Waals surface area contributed by atoms with Gasteiger partial charge in [-0.05, 0) is 36.7 Å². The molecule has 90 valence electrons. The number of hydrogen-bond donors (Lipinski definition) is 1. The third kappa shape index (κ3) is 1.86. The van der Waals surface area contributed by atoms with E-state index in [9.17, 15) is 4.79 Å². The molecular weight excluding hydrogens is 210 g/mol. The smallest absolute Gasteiger partial charge is 0.217 e. The Hall–Kier alpha value is -1.31. The van der Waals surface area contributed by atoms with Crippen molar-refractivity contribution in [3.8, 4) is 0 Å². The van der Waals surface area contributed by atoms with E-state index in [1.54, 1.807) is 6.92 Å². The largest absolute Gasteiger partial charge is 0.353 e. The summed E-state index contributed by atoms with van der Waals surface area (Å²) in [6.07, 6.45) is 3.92. The molecule has 0 aromatic heterocycles. The zero-order chi connectivity index (χ0) is 11.8. The van der Waals surface area contributed by atoms with E-state index in [0.717, 1.165) is 5.92 Å². The van der Waals surface area contributed by atoms with E-state index in [-0.39, 0.29) is 5.91 Å². The molecule has 3 rings (SSSR count). The lowest BCUT2D eigenvalue weighted by atomic mass is 9.80. The van der Waals surface area contributed by atoms with Crippen molar-refractivity contribution in [2.24, 2.45) is 11.8 Å². The highest BCUT2D eigenvalue weighted by Gasteiger charge is 2.48. The molecule has 2 bridgehead atoms. The Morgan fingerprint density at radius 1 is 1.18 bits per heavy atom. The fourth-order valence-corrected chi connectivity index (χ4v) is 3.89. The topological polar surface area (TPSA) is 29.1 Å². The molecule has 2 aliphatic rings. The molecule has 4 unspecified atom stereocenters. The maximum atomic E-state index is 11.3. The Bertz CT molecular complexity index is 414. The summed E-state index contributed by atoms with van der Waals surface area (Å²) in [5.41, 5.74) is 1.40. The van der Waals surface area contributed by atoms with Crippen LogP contribution in [0.5, 0.6) is 0 Å². The lowest BCUT2D eigenvalue weighted by Gasteiger charge is -2.31. The zero-order valence-electron chi connectivity index (χ0n) is 10.2. The summed E-state index contributed by atoms with van der Waals surface area (Å²) < 4.78 is 0. The first-order chi connectivity index (χ1) is 8.25. The Balaban J connectivity index is 1.88. The minimum atomic E-state index is 0.114. The van der Waals surface area contributed by atoms with Gasteiger partial charge in [0.1, 0.15) is 0 Å². The van der Waals surface area contributed by atoms with Gasteiger partial charge in [-0.25, -0.2) is 0 Å². The van der Waals surface area contributed by atoms with Gasteiger partial charge in [-0.3, -0.25) is 4.79 Å². The third-order valence-corrected chi connectivity index (χ3v) is 4.47. The SMILES string of the molecule is CC(=O)NC1C2CCC(C2)C1c1ccccc1. The maximum absolute atomic E-state index is 11.3. The summed E-state index contributed by atoms with van der Waals surface area (Å²) in [6.45, 7) is 1.63. The van der Waals surface area contributed by atoms with Gasteiger partial charge in [0.05, 0.1) is 0 Å². The molecule has 17 heavy (non-hydrogen) atoms. The summed E-state index contributed by atoms with van der Waals surface area (Å²) in [7, 11) is 0. The van der Waals surface area contributed by atoms with E-state index in [1.165, 1.54) is 24.8 Å². The molecule has 1 amide bonds. The van der Waals surface area contributed by atoms with E-state index in [1.807, 2.05) is 0 Å². The van der Waals surface area contributed by atoms with Gasteiger partial charge in [-0.2, -0.15) is 0 Å². The van der Waals surface area contributed by atoms with E-state index in [2.05, 4.69) is 35.6 Å². The van der Waals surface area contributed by atoms with Crippen molar-refractivity contribution in [2.75, 3.05) is 0 Å². The molecule has 2 aliphatic carbocycles. The second-order valence-corrected chi connectivity index (χ2v) is 5.50. The summed E-state index contributed by atoms with van der Waals surface area (Å²) >= 11 is 0. The van der Waals surface area contributed by atoms with Gasteiger partial charge in [-0.1, -0.05) is 30.3 Å². The number of fused-ring (bicyclic) bond motifs is 2. The fourth-order valence-electron chi connectivity index (χ4n) is 3.89. The molecule has 2 fully saturated rings. The second kappa shape index (κ2) is 4.17. The van der Waals surface area contributed by atoms with Crippen molar-refractivity contribution in [3.05, 3.63) is 35.9 Å². The first-order valence-electron chi connectivity index (χ1n) is 6.58. The van der Waals surface area contributed by atoms with E-state index in [0.29, 0.717) is 17.9 Å². The van der Waals surface area contributed by atoms with Crippen molar-refractivity contribution in [2.45, 2.75) is 38.1 Å². The van der Waals surface area contributed by atoms with Gasteiger partial charge in [0, 0.05) is 18.9 Å². The number of rotatable bonds is 2. The van der Waals surface area contributed by atoms with Crippen molar-refractivity contribution in [3.63, 3.8) is 0 Å². The van der Waals surface area contributed by atoms with Crippen LogP contribution in [0.2, 0.25) is 0 Å². The Labute approximate surface area is 102 Å². The molecule has 0 radical (unpaired) electrons. The molecule has 0 aliphatic heterocycles. The van der Waals surface area contributed by atoms with Crippen molar-refractivity contribution >= 4 is 5.91 Å². The Morgan fingerprint density at radius 2 is 1.88 bits per heavy atom. The molecule has 0 heterocycles. The minimum absolute atomic E-state index is 0.114. The highest BCUT2D eigenvalue weighted by molar-refractivity contribution is 5.73. The predicted molar refractivity (Wildman–Crippen MR) is 67.6 cm³/mol. The molecule has 0 saturated heterocycles. The number of nitrogens with one attached hydrogen (secondary N) is 1. The predicted octanol–water partition coefficient (Wildman–Crippen LogP) is 2.70. The first-order valence-corrected chi connectivity index (χ1v) is 6.58. The van der Waals surface area contributed by atoms with Crippen LogP contribution >= 0.6 is 0 Å². The number of carbonyl (C=O) groups is 1. The van der Waals surface area contributed by atoms with Crippen molar-refractivity contribution in [1.82, 2.24) is 5.32 Å². The van der Waals surface area contributed by atoms with Crippen molar-refractivity contribution in [1.29, 1.82) is 0 Å². The average molecular weight is 229 g/mol. The zero-order valence-corrected chi connectivity index (χ0v) is 10.2. The first kappa shape index (κ1) is 10.8. The molecule has 4 atom stereocenters. The summed E-state index contributed by atoms with van der Waals surface area (Å²) in [5, 5.41) is 3.18. The fraction of sp³-hybridized carbons (Fsp3) is 0.533. The molecular formula is C15H19NO. The van der Waals surface area contributed by atoms with Crippen molar-refractivity contribution < 1.29 is 4.79 Å². The van der Waals surface area contributed by atoms with E-state index < -0.39 is 0 Å². The number of carbonyl (C=O) groups excluding carboxylic acids is 1. The lowest BCUT2D eigenvalue weighted by Crippen LogP contribution is -2.41. The molecule has 1 aromatic rings. The Morgan fingerprint density at radius 3 is 2.59 bits per heavy atom. The minimum Gasteiger partial charge on any atom is -0.353 e. The molecule has 2 heteroatoms. The van der Waals surface area contributed by atoms with Gasteiger partial charge < -0.3 is 5.32 Å². The monoisotopic (exact) mass is 229 g/mol. The average Bonchev–Trinajstić information content (AvgIpc) is 2.90. The normalized spacial score (nSPS) is 34.9. The second-order valence-electron chi connectivity index (χ2n) is 5.50. The molecule has 1 aromatic carbocycles. The highest BCUT2D eigenvalue weighted by atomic mass is 16.1. The third-order valence-electron chi connectivity index (χ3n) is 4.47. The van der Waals surface area contributed by atoms with E-state index in [4.69, 9.17) is 0 Å². The number of amides is 1. The highest BCUT2D eigenvalue weighted by Crippen LogP contribution is 2.52. The molecule has 2 nitrogen and oxygen atoms in total. The van der Waals surface area contributed by atoms with Crippen LogP contribution in [-0.2, 0) is 4.79 Å². The van der Waals surface area contributed by atoms with Gasteiger partial charge in [0.15, 0.2) is 0 Å². The summed E-state index contributed by atoms with van der Waals surface area (Å²) in [5.74, 6) is 2.13. The van der Waals surface area contributed by atoms with Crippen LogP contribution in [0.3, 0.4) is 0 Å². The quantitative estimate of drug-likeness (QED) is 0.830. The molecule has 0 spiro atoms. The molecule has 2 saturated carbocycles. The Kier molecular flexibility index (Phi) is 2.65. The summed E-state index contributed by atoms with van der Waals surface area (Å²) in [4.78, 5) is 11.3. The number of hydrogen-bond acceptors (Lipinski definition) is 1. The van der Waals surface area contributed by atoms with Crippen LogP contribution in [0, 0.1) is 11.8 Å². The van der Waals surface area contributed by atoms with Crippen LogP contribution in [0.15, 0.2) is 30.3 Å². The van der Waals surface area contributed by atoms with Crippen LogP contribution in [0.4, 0.5) is 0 Å².